The zero-order valence-electron chi connectivity index (χ0n) is 11.6. The molecule has 0 spiro atoms. The highest BCUT2D eigenvalue weighted by molar-refractivity contribution is 6.02. The van der Waals surface area contributed by atoms with Gasteiger partial charge < -0.3 is 9.57 Å². The third kappa shape index (κ3) is 3.13. The zero-order valence-corrected chi connectivity index (χ0v) is 11.6. The van der Waals surface area contributed by atoms with E-state index in [4.69, 9.17) is 9.57 Å². The summed E-state index contributed by atoms with van der Waals surface area (Å²) in [6, 6.07) is 5.91. The highest BCUT2D eigenvalue weighted by atomic mass is 16.7. The summed E-state index contributed by atoms with van der Waals surface area (Å²) >= 11 is 0. The highest BCUT2D eigenvalue weighted by Gasteiger charge is 2.18. The first-order valence-corrected chi connectivity index (χ1v) is 6.57. The van der Waals surface area contributed by atoms with Gasteiger partial charge in [0, 0.05) is 5.56 Å². The molecule has 0 atom stereocenters. The van der Waals surface area contributed by atoms with Crippen LogP contribution in [0.3, 0.4) is 0 Å². The number of nitrogens with zero attached hydrogens (tertiary/aromatic N) is 1. The molecule has 1 aliphatic carbocycles. The van der Waals surface area contributed by atoms with E-state index in [1.54, 1.807) is 21.0 Å². The van der Waals surface area contributed by atoms with Crippen LogP contribution < -0.4 is 4.74 Å². The maximum absolute atomic E-state index is 11.4. The van der Waals surface area contributed by atoms with Crippen molar-refractivity contribution in [1.82, 2.24) is 0 Å². The largest absolute Gasteiger partial charge is 0.497 e. The van der Waals surface area contributed by atoms with E-state index < -0.39 is 0 Å². The Labute approximate surface area is 113 Å². The van der Waals surface area contributed by atoms with Crippen LogP contribution in [0, 0.1) is 5.92 Å². The van der Waals surface area contributed by atoms with Crippen LogP contribution in [0.5, 0.6) is 5.75 Å². The molecule has 4 nitrogen and oxygen atoms in total. The predicted molar refractivity (Wildman–Crippen MR) is 73.4 cm³/mol. The zero-order chi connectivity index (χ0) is 13.8. The van der Waals surface area contributed by atoms with Gasteiger partial charge in [-0.15, -0.1) is 0 Å². The van der Waals surface area contributed by atoms with Crippen molar-refractivity contribution < 1.29 is 14.4 Å². The second kappa shape index (κ2) is 5.87. The van der Waals surface area contributed by atoms with Crippen molar-refractivity contribution in [2.45, 2.75) is 33.1 Å². The van der Waals surface area contributed by atoms with Crippen LogP contribution in [0.2, 0.25) is 0 Å². The number of carbonyl (C=O) groups is 1. The molecule has 0 amide bonds. The maximum atomic E-state index is 11.4. The molecule has 0 radical (unpaired) electrons. The van der Waals surface area contributed by atoms with Crippen LogP contribution in [0.15, 0.2) is 23.4 Å². The quantitative estimate of drug-likeness (QED) is 0.621. The SMILES string of the molecule is COc1ccc2c(c1)CCC/C2=N/OC(=O)C(C)C. The molecule has 1 aromatic carbocycles. The molecule has 0 unspecified atom stereocenters. The Morgan fingerprint density at radius 1 is 1.32 bits per heavy atom. The molecule has 2 rings (SSSR count). The number of fused-ring (bicyclic) bond motifs is 1. The van der Waals surface area contributed by atoms with Crippen molar-refractivity contribution in [3.63, 3.8) is 0 Å². The fourth-order valence-electron chi connectivity index (χ4n) is 2.07. The summed E-state index contributed by atoms with van der Waals surface area (Å²) in [5.74, 6) is 0.385. The summed E-state index contributed by atoms with van der Waals surface area (Å²) < 4.78 is 5.22. The minimum atomic E-state index is -0.298. The first kappa shape index (κ1) is 13.6. The van der Waals surface area contributed by atoms with Gasteiger partial charge in [0.15, 0.2) is 0 Å². The van der Waals surface area contributed by atoms with E-state index in [0.29, 0.717) is 0 Å². The number of aryl methyl sites for hydroxylation is 1. The summed E-state index contributed by atoms with van der Waals surface area (Å²) in [5, 5.41) is 4.03. The van der Waals surface area contributed by atoms with Crippen molar-refractivity contribution >= 4 is 11.7 Å². The fraction of sp³-hybridized carbons (Fsp3) is 0.467. The lowest BCUT2D eigenvalue weighted by molar-refractivity contribution is -0.147. The van der Waals surface area contributed by atoms with Crippen LogP contribution in [-0.4, -0.2) is 18.8 Å². The Morgan fingerprint density at radius 2 is 2.11 bits per heavy atom. The fourth-order valence-corrected chi connectivity index (χ4v) is 2.07. The van der Waals surface area contributed by atoms with E-state index >= 15 is 0 Å². The number of rotatable bonds is 3. The molecule has 0 bridgehead atoms. The van der Waals surface area contributed by atoms with Gasteiger partial charge in [0.25, 0.3) is 0 Å². The van der Waals surface area contributed by atoms with Crippen molar-refractivity contribution in [3.05, 3.63) is 29.3 Å². The van der Waals surface area contributed by atoms with Crippen molar-refractivity contribution in [2.75, 3.05) is 7.11 Å². The maximum Gasteiger partial charge on any atom is 0.337 e. The molecule has 0 aliphatic heterocycles. The lowest BCUT2D eigenvalue weighted by Gasteiger charge is -2.18. The smallest absolute Gasteiger partial charge is 0.337 e. The van der Waals surface area contributed by atoms with Crippen molar-refractivity contribution in [1.29, 1.82) is 0 Å². The predicted octanol–water partition coefficient (Wildman–Crippen LogP) is 2.93. The molecule has 19 heavy (non-hydrogen) atoms. The summed E-state index contributed by atoms with van der Waals surface area (Å²) in [6.45, 7) is 3.59. The highest BCUT2D eigenvalue weighted by Crippen LogP contribution is 2.26. The number of ether oxygens (including phenoxy) is 1. The Hall–Kier alpha value is -1.84. The van der Waals surface area contributed by atoms with Crippen LogP contribution >= 0.6 is 0 Å². The number of benzene rings is 1. The van der Waals surface area contributed by atoms with E-state index in [9.17, 15) is 4.79 Å². The van der Waals surface area contributed by atoms with Crippen LogP contribution in [0.25, 0.3) is 0 Å². The molecule has 102 valence electrons. The second-order valence-electron chi connectivity index (χ2n) is 4.98. The van der Waals surface area contributed by atoms with Gasteiger partial charge in [-0.1, -0.05) is 19.0 Å². The van der Waals surface area contributed by atoms with Crippen molar-refractivity contribution in [2.24, 2.45) is 11.1 Å². The van der Waals surface area contributed by atoms with Crippen LogP contribution in [0.4, 0.5) is 0 Å². The molecule has 0 heterocycles. The van der Waals surface area contributed by atoms with Crippen LogP contribution in [-0.2, 0) is 16.1 Å². The third-order valence-electron chi connectivity index (χ3n) is 3.20. The van der Waals surface area contributed by atoms with E-state index in [0.717, 1.165) is 36.3 Å². The molecule has 1 aliphatic rings. The minimum Gasteiger partial charge on any atom is -0.497 e. The molecule has 4 heteroatoms. The third-order valence-corrected chi connectivity index (χ3v) is 3.20. The summed E-state index contributed by atoms with van der Waals surface area (Å²) in [7, 11) is 1.66. The van der Waals surface area contributed by atoms with Gasteiger partial charge in [0.05, 0.1) is 18.7 Å². The monoisotopic (exact) mass is 261 g/mol. The van der Waals surface area contributed by atoms with Gasteiger partial charge in [-0.2, -0.15) is 0 Å². The topological polar surface area (TPSA) is 47.9 Å². The lowest BCUT2D eigenvalue weighted by Crippen LogP contribution is -2.15. The van der Waals surface area contributed by atoms with Gasteiger partial charge in [-0.3, -0.25) is 0 Å². The Balaban J connectivity index is 2.22. The normalized spacial score (nSPS) is 16.3. The number of hydrogen-bond donors (Lipinski definition) is 0. The number of carbonyl (C=O) groups excluding carboxylic acids is 1. The average molecular weight is 261 g/mol. The van der Waals surface area contributed by atoms with Crippen molar-refractivity contribution in [3.8, 4) is 5.75 Å². The number of oxime groups is 1. The molecule has 0 fully saturated rings. The molecule has 0 saturated carbocycles. The average Bonchev–Trinajstić information content (AvgIpc) is 2.43. The van der Waals surface area contributed by atoms with Gasteiger partial charge in [-0.05, 0) is 43.0 Å². The summed E-state index contributed by atoms with van der Waals surface area (Å²) in [6.07, 6.45) is 2.85. The molecule has 0 saturated heterocycles. The second-order valence-corrected chi connectivity index (χ2v) is 4.98. The van der Waals surface area contributed by atoms with Crippen LogP contribution in [0.1, 0.15) is 37.8 Å². The molecular weight excluding hydrogens is 242 g/mol. The Bertz CT molecular complexity index is 506. The Morgan fingerprint density at radius 3 is 2.79 bits per heavy atom. The molecule has 0 aromatic heterocycles. The standard InChI is InChI=1S/C15H19NO3/c1-10(2)15(17)19-16-14-6-4-5-11-9-12(18-3)7-8-13(11)14/h7-10H,4-6H2,1-3H3/b16-14-. The number of methoxy groups -OCH3 is 1. The van der Waals surface area contributed by atoms with Gasteiger partial charge >= 0.3 is 5.97 Å². The first-order valence-electron chi connectivity index (χ1n) is 6.57. The first-order chi connectivity index (χ1) is 9.11. The summed E-state index contributed by atoms with van der Waals surface area (Å²) in [4.78, 5) is 16.4. The molecule has 1 aromatic rings. The minimum absolute atomic E-state index is 0.164. The molecule has 0 N–H and O–H groups in total. The van der Waals surface area contributed by atoms with E-state index in [1.807, 2.05) is 18.2 Å². The number of hydrogen-bond acceptors (Lipinski definition) is 4. The summed E-state index contributed by atoms with van der Waals surface area (Å²) in [5.41, 5.74) is 3.10. The van der Waals surface area contributed by atoms with E-state index in [2.05, 4.69) is 5.16 Å². The van der Waals surface area contributed by atoms with Gasteiger partial charge in [0.2, 0.25) is 0 Å². The van der Waals surface area contributed by atoms with E-state index in [1.165, 1.54) is 5.56 Å². The lowest BCUT2D eigenvalue weighted by atomic mass is 9.90. The van der Waals surface area contributed by atoms with Gasteiger partial charge in [0.1, 0.15) is 5.75 Å². The Kier molecular flexibility index (Phi) is 4.20. The molecular formula is C15H19NO3. The van der Waals surface area contributed by atoms with Gasteiger partial charge in [-0.25, -0.2) is 4.79 Å². The van der Waals surface area contributed by atoms with E-state index in [-0.39, 0.29) is 11.9 Å².